The van der Waals surface area contributed by atoms with E-state index in [0.29, 0.717) is 17.8 Å². The van der Waals surface area contributed by atoms with Crippen molar-refractivity contribution in [2.45, 2.75) is 150 Å². The summed E-state index contributed by atoms with van der Waals surface area (Å²) in [5, 5.41) is 21.7. The van der Waals surface area contributed by atoms with Crippen LogP contribution >= 0.6 is 0 Å². The van der Waals surface area contributed by atoms with Crippen LogP contribution in [0.4, 0.5) is 0 Å². The fourth-order valence-electron chi connectivity index (χ4n) is 11.4. The molecule has 2 N–H and O–H groups in total. The molecule has 0 unspecified atom stereocenters. The first-order chi connectivity index (χ1) is 16.9. The average molecular weight is 519 g/mol. The van der Waals surface area contributed by atoms with E-state index in [2.05, 4.69) is 41.5 Å². The van der Waals surface area contributed by atoms with E-state index in [1.54, 1.807) is 6.92 Å². The second-order valence-corrected chi connectivity index (χ2v) is 16.0. The van der Waals surface area contributed by atoms with Gasteiger partial charge < -0.3 is 19.7 Å². The number of carbonyl (C=O) groups excluding carboxylic acids is 1. The van der Waals surface area contributed by atoms with E-state index in [-0.39, 0.29) is 57.5 Å². The Balaban J connectivity index is 1.54. The molecule has 0 radical (unpaired) electrons. The number of rotatable bonds is 3. The summed E-state index contributed by atoms with van der Waals surface area (Å²) in [4.78, 5) is 12.5. The summed E-state index contributed by atoms with van der Waals surface area (Å²) >= 11 is 0. The second-order valence-electron chi connectivity index (χ2n) is 16.0. The summed E-state index contributed by atoms with van der Waals surface area (Å²) in [6, 6.07) is 0. The predicted molar refractivity (Wildman–Crippen MR) is 145 cm³/mol. The van der Waals surface area contributed by atoms with Gasteiger partial charge in [-0.3, -0.25) is 4.79 Å². The monoisotopic (exact) mass is 518 g/mol. The van der Waals surface area contributed by atoms with Crippen molar-refractivity contribution in [3.63, 3.8) is 0 Å². The molecule has 0 aromatic rings. The first-order valence-electron chi connectivity index (χ1n) is 15.2. The van der Waals surface area contributed by atoms with E-state index in [0.717, 1.165) is 51.4 Å². The average Bonchev–Trinajstić information content (AvgIpc) is 3.33. The molecule has 0 bridgehead atoms. The van der Waals surface area contributed by atoms with E-state index in [1.807, 2.05) is 13.8 Å². The summed E-state index contributed by atoms with van der Waals surface area (Å²) in [5.41, 5.74) is -1.00. The van der Waals surface area contributed by atoms with Gasteiger partial charge in [0.25, 0.3) is 0 Å². The molecule has 0 aromatic carbocycles. The molecule has 1 heterocycles. The summed E-state index contributed by atoms with van der Waals surface area (Å²) in [6.45, 7) is 19.7. The number of fused-ring (bicyclic) bond motifs is 5. The second kappa shape index (κ2) is 8.43. The molecule has 4 aliphatic carbocycles. The Bertz CT molecular complexity index is 923. The molecule has 5 nitrogen and oxygen atoms in total. The summed E-state index contributed by atoms with van der Waals surface area (Å²) in [6.07, 6.45) is 8.65. The third kappa shape index (κ3) is 3.83. The van der Waals surface area contributed by atoms with Crippen LogP contribution in [0.15, 0.2) is 0 Å². The SMILES string of the molecule is CC(=O)O[C@@H]1C[C@@H]2[C@@H]([C@@]3(C)CC[C@@H](C(C)(C)O)O3)CC[C@@]2(C)[C@]2(C)CC[C@@H]3C(C)(C)[C@@H](O)CC[C@]3(C)[C@@H]12. The number of hydrogen-bond donors (Lipinski definition) is 2. The molecular formula is C32H54O5. The van der Waals surface area contributed by atoms with Crippen molar-refractivity contribution in [2.75, 3.05) is 0 Å². The van der Waals surface area contributed by atoms with Crippen molar-refractivity contribution >= 4 is 5.97 Å². The Morgan fingerprint density at radius 3 is 2.14 bits per heavy atom. The van der Waals surface area contributed by atoms with Gasteiger partial charge in [0.05, 0.1) is 23.4 Å². The van der Waals surface area contributed by atoms with Crippen LogP contribution in [-0.2, 0) is 14.3 Å². The Labute approximate surface area is 225 Å². The Morgan fingerprint density at radius 2 is 1.54 bits per heavy atom. The minimum absolute atomic E-state index is 0.0294. The van der Waals surface area contributed by atoms with Gasteiger partial charge in [0.15, 0.2) is 0 Å². The van der Waals surface area contributed by atoms with Crippen LogP contribution in [-0.4, -0.2) is 45.7 Å². The highest BCUT2D eigenvalue weighted by Gasteiger charge is 2.72. The first-order valence-corrected chi connectivity index (χ1v) is 15.2. The van der Waals surface area contributed by atoms with E-state index < -0.39 is 5.60 Å². The molecule has 1 aliphatic heterocycles. The summed E-state index contributed by atoms with van der Waals surface area (Å²) in [7, 11) is 0. The fraction of sp³-hybridized carbons (Fsp3) is 0.969. The lowest BCUT2D eigenvalue weighted by molar-refractivity contribution is -0.261. The highest BCUT2D eigenvalue weighted by atomic mass is 16.5. The molecule has 4 saturated carbocycles. The highest BCUT2D eigenvalue weighted by Crippen LogP contribution is 2.76. The fourth-order valence-corrected chi connectivity index (χ4v) is 11.4. The molecule has 0 amide bonds. The van der Waals surface area contributed by atoms with Gasteiger partial charge in [-0.05, 0) is 118 Å². The molecule has 212 valence electrons. The molecule has 1 saturated heterocycles. The number of aliphatic hydroxyl groups excluding tert-OH is 1. The van der Waals surface area contributed by atoms with Gasteiger partial charge in [-0.2, -0.15) is 0 Å². The minimum Gasteiger partial charge on any atom is -0.462 e. The quantitative estimate of drug-likeness (QED) is 0.430. The third-order valence-corrected chi connectivity index (χ3v) is 13.5. The molecule has 0 spiro atoms. The standard InChI is InChI=1S/C32H54O5/c1-19(33)36-22-18-21-20(32(9)17-13-25(37-32)28(4,5)35)10-15-30(21,7)31(8)16-11-23-27(2,3)24(34)12-14-29(23,6)26(22)31/h20-26,34-35H,10-18H2,1-9H3/t20-,21+,22+,23+,24-,25-,26+,29-,30+,31+,32+/m0/s1. The molecule has 5 heteroatoms. The minimum atomic E-state index is -0.838. The van der Waals surface area contributed by atoms with Crippen LogP contribution in [0.3, 0.4) is 0 Å². The predicted octanol–water partition coefficient (Wildman–Crippen LogP) is 6.28. The molecule has 5 rings (SSSR count). The van der Waals surface area contributed by atoms with Crippen LogP contribution in [0.2, 0.25) is 0 Å². The van der Waals surface area contributed by atoms with Crippen molar-refractivity contribution in [2.24, 2.45) is 45.3 Å². The van der Waals surface area contributed by atoms with Crippen LogP contribution in [0, 0.1) is 45.3 Å². The zero-order valence-corrected chi connectivity index (χ0v) is 25.0. The number of hydrogen-bond acceptors (Lipinski definition) is 5. The van der Waals surface area contributed by atoms with Gasteiger partial charge in [-0.1, -0.05) is 34.6 Å². The van der Waals surface area contributed by atoms with Crippen LogP contribution in [0.1, 0.15) is 120 Å². The summed E-state index contributed by atoms with van der Waals surface area (Å²) < 4.78 is 13.1. The Hall–Kier alpha value is -0.650. The molecule has 37 heavy (non-hydrogen) atoms. The summed E-state index contributed by atoms with van der Waals surface area (Å²) in [5.74, 6) is 1.36. The maximum absolute atomic E-state index is 12.5. The number of carbonyl (C=O) groups is 1. The van der Waals surface area contributed by atoms with Gasteiger partial charge in [-0.25, -0.2) is 0 Å². The highest BCUT2D eigenvalue weighted by molar-refractivity contribution is 5.66. The normalized spacial score (nSPS) is 53.2. The van der Waals surface area contributed by atoms with Crippen molar-refractivity contribution in [1.29, 1.82) is 0 Å². The Morgan fingerprint density at radius 1 is 0.892 bits per heavy atom. The molecule has 5 fully saturated rings. The van der Waals surface area contributed by atoms with Gasteiger partial charge in [0, 0.05) is 12.8 Å². The maximum atomic E-state index is 12.5. The van der Waals surface area contributed by atoms with E-state index in [1.165, 1.54) is 6.42 Å². The van der Waals surface area contributed by atoms with Crippen molar-refractivity contribution < 1.29 is 24.5 Å². The molecular weight excluding hydrogens is 464 g/mol. The van der Waals surface area contributed by atoms with E-state index in [4.69, 9.17) is 9.47 Å². The van der Waals surface area contributed by atoms with Crippen molar-refractivity contribution in [1.82, 2.24) is 0 Å². The maximum Gasteiger partial charge on any atom is 0.302 e. The van der Waals surface area contributed by atoms with Crippen molar-refractivity contribution in [3.8, 4) is 0 Å². The molecule has 5 aliphatic rings. The van der Waals surface area contributed by atoms with Crippen LogP contribution in [0.5, 0.6) is 0 Å². The number of esters is 1. The molecule has 11 atom stereocenters. The molecule has 0 aromatic heterocycles. The zero-order chi connectivity index (χ0) is 27.4. The van der Waals surface area contributed by atoms with Crippen molar-refractivity contribution in [3.05, 3.63) is 0 Å². The lowest BCUT2D eigenvalue weighted by Crippen LogP contribution is -2.68. The van der Waals surface area contributed by atoms with Gasteiger partial charge in [0.1, 0.15) is 6.10 Å². The number of aliphatic hydroxyl groups is 2. The van der Waals surface area contributed by atoms with Crippen LogP contribution in [0.25, 0.3) is 0 Å². The number of ether oxygens (including phenoxy) is 2. The van der Waals surface area contributed by atoms with Gasteiger partial charge in [-0.15, -0.1) is 0 Å². The lowest BCUT2D eigenvalue weighted by atomic mass is 9.35. The third-order valence-electron chi connectivity index (χ3n) is 13.5. The van der Waals surface area contributed by atoms with E-state index >= 15 is 0 Å². The van der Waals surface area contributed by atoms with Gasteiger partial charge in [0.2, 0.25) is 0 Å². The lowest BCUT2D eigenvalue weighted by Gasteiger charge is -2.71. The van der Waals surface area contributed by atoms with E-state index in [9.17, 15) is 15.0 Å². The first kappa shape index (κ1) is 27.9. The topological polar surface area (TPSA) is 76.0 Å². The largest absolute Gasteiger partial charge is 0.462 e. The Kier molecular flexibility index (Phi) is 6.35. The smallest absolute Gasteiger partial charge is 0.302 e. The zero-order valence-electron chi connectivity index (χ0n) is 25.0. The van der Waals surface area contributed by atoms with Crippen LogP contribution < -0.4 is 0 Å². The van der Waals surface area contributed by atoms with Gasteiger partial charge >= 0.3 is 5.97 Å².